The van der Waals surface area contributed by atoms with Crippen molar-refractivity contribution < 1.29 is 9.63 Å². The van der Waals surface area contributed by atoms with Crippen LogP contribution in [-0.2, 0) is 15.2 Å². The van der Waals surface area contributed by atoms with Crippen LogP contribution in [0.4, 0.5) is 5.69 Å². The van der Waals surface area contributed by atoms with E-state index in [0.717, 1.165) is 22.4 Å². The van der Waals surface area contributed by atoms with Gasteiger partial charge in [0.05, 0.1) is 17.8 Å². The molecule has 0 fully saturated rings. The molecule has 3 aromatic rings. The van der Waals surface area contributed by atoms with Gasteiger partial charge in [-0.3, -0.25) is 15.2 Å². The van der Waals surface area contributed by atoms with Gasteiger partial charge in [-0.25, -0.2) is 0 Å². The predicted octanol–water partition coefficient (Wildman–Crippen LogP) is 4.33. The molecule has 8 nitrogen and oxygen atoms in total. The van der Waals surface area contributed by atoms with E-state index in [0.29, 0.717) is 17.8 Å². The van der Waals surface area contributed by atoms with Crippen LogP contribution >= 0.6 is 0 Å². The Hall–Kier alpha value is -4.33. The van der Waals surface area contributed by atoms with Gasteiger partial charge in [-0.2, -0.15) is 0 Å². The third-order valence-electron chi connectivity index (χ3n) is 5.74. The van der Waals surface area contributed by atoms with Gasteiger partial charge >= 0.3 is 0 Å². The Morgan fingerprint density at radius 1 is 1.09 bits per heavy atom. The van der Waals surface area contributed by atoms with Gasteiger partial charge in [0.25, 0.3) is 0 Å². The maximum atomic E-state index is 12.6. The topological polar surface area (TPSA) is 100 Å². The van der Waals surface area contributed by atoms with Crippen LogP contribution < -0.4 is 10.7 Å². The fourth-order valence-electron chi connectivity index (χ4n) is 4.07. The minimum Gasteiger partial charge on any atom is -0.391 e. The molecular weight excluding hydrogens is 416 g/mol. The van der Waals surface area contributed by atoms with Crippen molar-refractivity contribution in [3.63, 3.8) is 0 Å². The number of amides is 1. The number of hydrogen-bond donors (Lipinski definition) is 2. The van der Waals surface area contributed by atoms with Crippen LogP contribution in [0.15, 0.2) is 107 Å². The molecule has 2 aliphatic heterocycles. The van der Waals surface area contributed by atoms with Gasteiger partial charge in [0, 0.05) is 30.1 Å². The summed E-state index contributed by atoms with van der Waals surface area (Å²) in [5.74, 6) is -0.139. The minimum atomic E-state index is -0.804. The van der Waals surface area contributed by atoms with E-state index in [1.54, 1.807) is 12.4 Å². The minimum absolute atomic E-state index is 0.139. The summed E-state index contributed by atoms with van der Waals surface area (Å²) in [5.41, 5.74) is 7.00. The van der Waals surface area contributed by atoms with E-state index in [9.17, 15) is 4.79 Å². The summed E-state index contributed by atoms with van der Waals surface area (Å²) < 4.78 is 0. The Labute approximate surface area is 191 Å². The Kier molecular flexibility index (Phi) is 5.40. The van der Waals surface area contributed by atoms with Crippen LogP contribution in [0.25, 0.3) is 0 Å². The van der Waals surface area contributed by atoms with E-state index in [1.165, 1.54) is 0 Å². The summed E-state index contributed by atoms with van der Waals surface area (Å²) in [4.78, 5) is 22.1. The number of pyridine rings is 1. The third kappa shape index (κ3) is 3.98. The number of anilines is 1. The zero-order valence-electron chi connectivity index (χ0n) is 17.8. The lowest BCUT2D eigenvalue weighted by molar-refractivity contribution is -0.118. The lowest BCUT2D eigenvalue weighted by Gasteiger charge is -2.26. The molecule has 33 heavy (non-hydrogen) atoms. The number of carbonyl (C=O) groups excluding carboxylic acids is 1. The van der Waals surface area contributed by atoms with Crippen molar-refractivity contribution >= 4 is 17.3 Å². The number of oxime groups is 1. The maximum Gasteiger partial charge on any atom is 0.228 e. The summed E-state index contributed by atoms with van der Waals surface area (Å²) in [6.07, 6.45) is 3.92. The van der Waals surface area contributed by atoms with E-state index in [4.69, 9.17) is 4.84 Å². The maximum absolute atomic E-state index is 12.6. The fourth-order valence-corrected chi connectivity index (χ4v) is 4.07. The quantitative estimate of drug-likeness (QED) is 0.598. The molecule has 0 aliphatic carbocycles. The summed E-state index contributed by atoms with van der Waals surface area (Å²) >= 11 is 0. The number of nitrogens with zero attached hydrogens (tertiary/aromatic N) is 4. The number of rotatable bonds is 6. The SMILES string of the molecule is C=C1NN=NC1(c1ccccc1)c1ccc(NC(=O)CC2CC(c3cccnc3)=NO2)cc1. The second-order valence-electron chi connectivity index (χ2n) is 7.91. The highest BCUT2D eigenvalue weighted by Gasteiger charge is 2.41. The van der Waals surface area contributed by atoms with Crippen molar-refractivity contribution in [1.82, 2.24) is 10.4 Å². The molecule has 1 amide bonds. The molecule has 5 rings (SSSR count). The molecule has 164 valence electrons. The van der Waals surface area contributed by atoms with E-state index < -0.39 is 5.54 Å². The average molecular weight is 438 g/mol. The van der Waals surface area contributed by atoms with Crippen molar-refractivity contribution in [1.29, 1.82) is 0 Å². The Morgan fingerprint density at radius 3 is 2.58 bits per heavy atom. The summed E-state index contributed by atoms with van der Waals surface area (Å²) in [6.45, 7) is 4.12. The van der Waals surface area contributed by atoms with Gasteiger partial charge in [-0.05, 0) is 35.4 Å². The first kappa shape index (κ1) is 20.6. The molecule has 0 spiro atoms. The van der Waals surface area contributed by atoms with Gasteiger partial charge in [-0.15, -0.1) is 5.11 Å². The highest BCUT2D eigenvalue weighted by Crippen LogP contribution is 2.42. The molecule has 2 atom stereocenters. The van der Waals surface area contributed by atoms with Gasteiger partial charge < -0.3 is 10.2 Å². The number of hydrogen-bond acceptors (Lipinski definition) is 7. The van der Waals surface area contributed by atoms with Gasteiger partial charge in [-0.1, -0.05) is 59.4 Å². The first-order chi connectivity index (χ1) is 16.1. The smallest absolute Gasteiger partial charge is 0.228 e. The van der Waals surface area contributed by atoms with E-state index in [-0.39, 0.29) is 18.4 Å². The summed E-state index contributed by atoms with van der Waals surface area (Å²) in [6, 6.07) is 21.2. The largest absolute Gasteiger partial charge is 0.391 e. The van der Waals surface area contributed by atoms with Crippen LogP contribution in [0.5, 0.6) is 0 Å². The molecule has 0 saturated heterocycles. The van der Waals surface area contributed by atoms with Gasteiger partial charge in [0.2, 0.25) is 5.91 Å². The normalized spacial score (nSPS) is 21.3. The van der Waals surface area contributed by atoms with E-state index in [1.807, 2.05) is 66.7 Å². The number of benzene rings is 2. The van der Waals surface area contributed by atoms with Crippen LogP contribution in [0, 0.1) is 0 Å². The van der Waals surface area contributed by atoms with Crippen molar-refractivity contribution in [2.75, 3.05) is 5.32 Å². The van der Waals surface area contributed by atoms with Crippen LogP contribution in [-0.4, -0.2) is 22.7 Å². The lowest BCUT2D eigenvalue weighted by Crippen LogP contribution is -2.28. The number of carbonyl (C=O) groups is 1. The molecule has 0 saturated carbocycles. The Bertz CT molecular complexity index is 1220. The second-order valence-corrected chi connectivity index (χ2v) is 7.91. The number of nitrogens with one attached hydrogen (secondary N) is 2. The first-order valence-corrected chi connectivity index (χ1v) is 10.6. The Balaban J connectivity index is 1.24. The zero-order valence-corrected chi connectivity index (χ0v) is 17.8. The van der Waals surface area contributed by atoms with Gasteiger partial charge in [0.15, 0.2) is 5.54 Å². The zero-order chi connectivity index (χ0) is 22.7. The predicted molar refractivity (Wildman–Crippen MR) is 124 cm³/mol. The highest BCUT2D eigenvalue weighted by molar-refractivity contribution is 6.01. The molecule has 0 radical (unpaired) electrons. The van der Waals surface area contributed by atoms with Crippen LogP contribution in [0.1, 0.15) is 29.5 Å². The summed E-state index contributed by atoms with van der Waals surface area (Å²) in [5, 5.41) is 15.5. The molecule has 3 heterocycles. The Morgan fingerprint density at radius 2 is 1.88 bits per heavy atom. The van der Waals surface area contributed by atoms with E-state index >= 15 is 0 Å². The van der Waals surface area contributed by atoms with Crippen molar-refractivity contribution in [3.05, 3.63) is 108 Å². The van der Waals surface area contributed by atoms with Crippen molar-refractivity contribution in [2.24, 2.45) is 15.5 Å². The molecule has 2 aliphatic rings. The average Bonchev–Trinajstić information content (AvgIpc) is 3.48. The van der Waals surface area contributed by atoms with E-state index in [2.05, 4.69) is 37.8 Å². The third-order valence-corrected chi connectivity index (χ3v) is 5.74. The molecule has 2 aromatic carbocycles. The molecule has 8 heteroatoms. The molecule has 2 unspecified atom stereocenters. The highest BCUT2D eigenvalue weighted by atomic mass is 16.6. The molecule has 2 N–H and O–H groups in total. The summed E-state index contributed by atoms with van der Waals surface area (Å²) in [7, 11) is 0. The van der Waals surface area contributed by atoms with Crippen LogP contribution in [0.3, 0.4) is 0 Å². The second kappa shape index (κ2) is 8.66. The van der Waals surface area contributed by atoms with Crippen molar-refractivity contribution in [3.8, 4) is 0 Å². The standard InChI is InChI=1S/C25H22N6O2/c1-17-25(30-31-28-17,19-7-3-2-4-8-19)20-9-11-21(12-10-20)27-24(32)15-22-14-23(29-33-22)18-6-5-13-26-16-18/h2-13,16,22H,1,14-15H2,(H,27,32)(H,28,30). The molecular formula is C25H22N6O2. The van der Waals surface area contributed by atoms with Crippen molar-refractivity contribution in [2.45, 2.75) is 24.5 Å². The fraction of sp³-hybridized carbons (Fsp3) is 0.160. The monoisotopic (exact) mass is 438 g/mol. The lowest BCUT2D eigenvalue weighted by atomic mass is 9.81. The van der Waals surface area contributed by atoms with Gasteiger partial charge in [0.1, 0.15) is 6.10 Å². The number of aromatic nitrogens is 1. The molecule has 1 aromatic heterocycles. The first-order valence-electron chi connectivity index (χ1n) is 10.6. The van der Waals surface area contributed by atoms with Crippen LogP contribution in [0.2, 0.25) is 0 Å². The molecule has 0 bridgehead atoms.